The van der Waals surface area contributed by atoms with Crippen molar-refractivity contribution in [1.29, 1.82) is 0 Å². The van der Waals surface area contributed by atoms with Gasteiger partial charge in [0.2, 0.25) is 0 Å². The van der Waals surface area contributed by atoms with Crippen LogP contribution in [0.3, 0.4) is 0 Å². The number of piperidine rings is 1. The van der Waals surface area contributed by atoms with Gasteiger partial charge >= 0.3 is 0 Å². The number of nitrogens with two attached hydrogens (primary N) is 1. The van der Waals surface area contributed by atoms with Gasteiger partial charge in [-0.2, -0.15) is 0 Å². The van der Waals surface area contributed by atoms with Crippen molar-refractivity contribution >= 4 is 27.7 Å². The molecule has 1 fully saturated rings. The van der Waals surface area contributed by atoms with E-state index in [1.165, 1.54) is 6.42 Å². The van der Waals surface area contributed by atoms with Gasteiger partial charge in [0, 0.05) is 22.8 Å². The summed E-state index contributed by atoms with van der Waals surface area (Å²) in [5.74, 6) is 5.84. The van der Waals surface area contributed by atoms with E-state index in [-0.39, 0.29) is 18.0 Å². The molecule has 104 valence electrons. The van der Waals surface area contributed by atoms with Crippen LogP contribution in [0.2, 0.25) is 0 Å². The Labute approximate surface area is 121 Å². The summed E-state index contributed by atoms with van der Waals surface area (Å²) in [5, 5.41) is 0. The highest BCUT2D eigenvalue weighted by Crippen LogP contribution is 2.27. The first-order valence-corrected chi connectivity index (χ1v) is 7.28. The highest BCUT2D eigenvalue weighted by Gasteiger charge is 2.31. The van der Waals surface area contributed by atoms with Gasteiger partial charge in [-0.3, -0.25) is 4.79 Å². The van der Waals surface area contributed by atoms with Gasteiger partial charge in [0.15, 0.2) is 5.82 Å². The Hall–Kier alpha value is -1.14. The molecule has 1 aliphatic heterocycles. The van der Waals surface area contributed by atoms with Crippen LogP contribution in [0.1, 0.15) is 43.5 Å². The van der Waals surface area contributed by atoms with Gasteiger partial charge in [0.25, 0.3) is 5.91 Å². The number of hydrazine groups is 1. The van der Waals surface area contributed by atoms with Crippen molar-refractivity contribution in [2.24, 2.45) is 5.84 Å². The molecular weight excluding hydrogens is 308 g/mol. The summed E-state index contributed by atoms with van der Waals surface area (Å²) in [6, 6.07) is 2.26. The number of hydrogen-bond donors (Lipinski definition) is 2. The van der Waals surface area contributed by atoms with Crippen LogP contribution in [0.4, 0.5) is 5.82 Å². The molecule has 6 heteroatoms. The minimum atomic E-state index is -0.0125. The number of carbonyl (C=O) groups excluding carboxylic acids is 1. The first-order chi connectivity index (χ1) is 9.04. The van der Waals surface area contributed by atoms with Crippen LogP contribution in [-0.4, -0.2) is 27.9 Å². The largest absolute Gasteiger partial charge is 0.333 e. The molecule has 1 aromatic rings. The molecule has 2 heterocycles. The second-order valence-corrected chi connectivity index (χ2v) is 5.95. The van der Waals surface area contributed by atoms with Crippen molar-refractivity contribution in [3.05, 3.63) is 22.3 Å². The number of anilines is 1. The van der Waals surface area contributed by atoms with Gasteiger partial charge in [0.05, 0.1) is 5.56 Å². The van der Waals surface area contributed by atoms with E-state index in [0.29, 0.717) is 11.4 Å². The maximum atomic E-state index is 12.7. The zero-order valence-electron chi connectivity index (χ0n) is 11.2. The standard InChI is InChI=1S/C13H19BrN4O/c1-8-4-3-5-9(2)18(8)13(19)11-6-10(14)7-16-12(11)17-15/h6-9H,3-5,15H2,1-2H3,(H,16,17)/t8-,9+. The predicted octanol–water partition coefficient (Wildman–Crippen LogP) is 2.53. The molecule has 2 atom stereocenters. The summed E-state index contributed by atoms with van der Waals surface area (Å²) in [6.45, 7) is 4.18. The lowest BCUT2D eigenvalue weighted by Gasteiger charge is -2.39. The van der Waals surface area contributed by atoms with Crippen molar-refractivity contribution in [1.82, 2.24) is 9.88 Å². The first-order valence-electron chi connectivity index (χ1n) is 6.49. The van der Waals surface area contributed by atoms with E-state index in [2.05, 4.69) is 40.2 Å². The number of halogens is 1. The van der Waals surface area contributed by atoms with E-state index in [9.17, 15) is 4.79 Å². The van der Waals surface area contributed by atoms with Crippen LogP contribution in [0, 0.1) is 0 Å². The Kier molecular flexibility index (Phi) is 4.42. The van der Waals surface area contributed by atoms with Crippen molar-refractivity contribution in [3.63, 3.8) is 0 Å². The number of nitrogen functional groups attached to an aromatic ring is 1. The van der Waals surface area contributed by atoms with E-state index >= 15 is 0 Å². The highest BCUT2D eigenvalue weighted by molar-refractivity contribution is 9.10. The Balaban J connectivity index is 2.35. The molecule has 2 rings (SSSR count). The van der Waals surface area contributed by atoms with Crippen molar-refractivity contribution < 1.29 is 4.79 Å². The summed E-state index contributed by atoms with van der Waals surface area (Å²) in [5.41, 5.74) is 3.00. The van der Waals surface area contributed by atoms with Crippen LogP contribution in [0.25, 0.3) is 0 Å². The zero-order chi connectivity index (χ0) is 14.0. The van der Waals surface area contributed by atoms with E-state index in [1.807, 2.05) is 4.90 Å². The molecular formula is C13H19BrN4O. The van der Waals surface area contributed by atoms with Crippen LogP contribution in [-0.2, 0) is 0 Å². The van der Waals surface area contributed by atoms with Gasteiger partial charge in [-0.25, -0.2) is 10.8 Å². The number of aromatic nitrogens is 1. The third-order valence-electron chi connectivity index (χ3n) is 3.65. The molecule has 3 N–H and O–H groups in total. The lowest BCUT2D eigenvalue weighted by atomic mass is 9.96. The number of likely N-dealkylation sites (tertiary alicyclic amines) is 1. The first kappa shape index (κ1) is 14.3. The smallest absolute Gasteiger partial charge is 0.258 e. The van der Waals surface area contributed by atoms with Crippen LogP contribution >= 0.6 is 15.9 Å². The zero-order valence-corrected chi connectivity index (χ0v) is 12.8. The molecule has 1 amide bonds. The number of pyridine rings is 1. The average Bonchev–Trinajstić information content (AvgIpc) is 2.38. The molecule has 0 aromatic carbocycles. The summed E-state index contributed by atoms with van der Waals surface area (Å²) >= 11 is 3.35. The quantitative estimate of drug-likeness (QED) is 0.647. The Morgan fingerprint density at radius 3 is 2.68 bits per heavy atom. The van der Waals surface area contributed by atoms with Crippen LogP contribution in [0.15, 0.2) is 16.7 Å². The van der Waals surface area contributed by atoms with E-state index in [1.54, 1.807) is 12.3 Å². The monoisotopic (exact) mass is 326 g/mol. The van der Waals surface area contributed by atoms with Crippen molar-refractivity contribution in [2.75, 3.05) is 5.43 Å². The number of nitrogens with one attached hydrogen (secondary N) is 1. The number of amides is 1. The maximum Gasteiger partial charge on any atom is 0.258 e. The van der Waals surface area contributed by atoms with Gasteiger partial charge < -0.3 is 10.3 Å². The molecule has 0 unspecified atom stereocenters. The number of nitrogens with zero attached hydrogens (tertiary/aromatic N) is 2. The minimum absolute atomic E-state index is 0.0125. The molecule has 0 spiro atoms. The number of rotatable bonds is 2. The third kappa shape index (κ3) is 2.90. The van der Waals surface area contributed by atoms with E-state index in [0.717, 1.165) is 17.3 Å². The van der Waals surface area contributed by atoms with Crippen LogP contribution in [0.5, 0.6) is 0 Å². The molecule has 0 radical (unpaired) electrons. The molecule has 0 saturated carbocycles. The number of hydrogen-bond acceptors (Lipinski definition) is 4. The van der Waals surface area contributed by atoms with Gasteiger partial charge in [-0.1, -0.05) is 0 Å². The molecule has 1 aromatic heterocycles. The summed E-state index contributed by atoms with van der Waals surface area (Å²) in [7, 11) is 0. The van der Waals surface area contributed by atoms with Gasteiger partial charge in [-0.05, 0) is 55.1 Å². The Bertz CT molecular complexity index is 470. The fourth-order valence-corrected chi connectivity index (χ4v) is 3.01. The minimum Gasteiger partial charge on any atom is -0.333 e. The third-order valence-corrected chi connectivity index (χ3v) is 4.08. The lowest BCUT2D eigenvalue weighted by molar-refractivity contribution is 0.0511. The van der Waals surface area contributed by atoms with Crippen molar-refractivity contribution in [3.8, 4) is 0 Å². The van der Waals surface area contributed by atoms with Gasteiger partial charge in [0.1, 0.15) is 0 Å². The fraction of sp³-hybridized carbons (Fsp3) is 0.538. The van der Waals surface area contributed by atoms with Crippen LogP contribution < -0.4 is 11.3 Å². The molecule has 1 aliphatic rings. The normalized spacial score (nSPS) is 23.3. The fourth-order valence-electron chi connectivity index (χ4n) is 2.68. The predicted molar refractivity (Wildman–Crippen MR) is 78.7 cm³/mol. The Morgan fingerprint density at radius 2 is 2.11 bits per heavy atom. The second kappa shape index (κ2) is 5.88. The lowest BCUT2D eigenvalue weighted by Crippen LogP contribution is -2.47. The summed E-state index contributed by atoms with van der Waals surface area (Å²) in [6.07, 6.45) is 4.88. The molecule has 19 heavy (non-hydrogen) atoms. The topological polar surface area (TPSA) is 71.2 Å². The summed E-state index contributed by atoms with van der Waals surface area (Å²) in [4.78, 5) is 18.8. The SMILES string of the molecule is C[C@@H]1CCC[C@H](C)N1C(=O)c1cc(Br)cnc1NN. The second-order valence-electron chi connectivity index (χ2n) is 5.04. The maximum absolute atomic E-state index is 12.7. The van der Waals surface area contributed by atoms with Gasteiger partial charge in [-0.15, -0.1) is 0 Å². The van der Waals surface area contributed by atoms with E-state index in [4.69, 9.17) is 5.84 Å². The molecule has 0 aliphatic carbocycles. The average molecular weight is 327 g/mol. The highest BCUT2D eigenvalue weighted by atomic mass is 79.9. The van der Waals surface area contributed by atoms with E-state index < -0.39 is 0 Å². The number of carbonyl (C=O) groups is 1. The molecule has 0 bridgehead atoms. The van der Waals surface area contributed by atoms with Crippen molar-refractivity contribution in [2.45, 2.75) is 45.2 Å². The molecule has 1 saturated heterocycles. The Morgan fingerprint density at radius 1 is 1.47 bits per heavy atom. The molecule has 5 nitrogen and oxygen atoms in total. The summed E-state index contributed by atoms with van der Waals surface area (Å²) < 4.78 is 0.771.